The van der Waals surface area contributed by atoms with Gasteiger partial charge in [-0.15, -0.1) is 11.6 Å². The summed E-state index contributed by atoms with van der Waals surface area (Å²) in [6.07, 6.45) is 4.87. The second kappa shape index (κ2) is 9.33. The summed E-state index contributed by atoms with van der Waals surface area (Å²) in [5.74, 6) is -0.0113. The van der Waals surface area contributed by atoms with E-state index in [2.05, 4.69) is 21.2 Å². The largest absolute Gasteiger partial charge is 0.419 e. The zero-order chi connectivity index (χ0) is 21.1. The summed E-state index contributed by atoms with van der Waals surface area (Å²) in [5, 5.41) is 13.3. The number of epoxide rings is 1. The Bertz CT molecular complexity index is 756. The van der Waals surface area contributed by atoms with Crippen LogP contribution in [0.2, 0.25) is 0 Å². The molecule has 1 aliphatic heterocycles. The number of unbranched alkanes of at least 4 members (excludes halogenated alkanes) is 2. The minimum atomic E-state index is -0.941. The van der Waals surface area contributed by atoms with E-state index in [9.17, 15) is 14.7 Å². The molecule has 29 heavy (non-hydrogen) atoms. The van der Waals surface area contributed by atoms with Crippen LogP contribution in [0.15, 0.2) is 24.3 Å². The lowest BCUT2D eigenvalue weighted by Gasteiger charge is -2.44. The van der Waals surface area contributed by atoms with Crippen LogP contribution in [0.1, 0.15) is 51.0 Å². The van der Waals surface area contributed by atoms with E-state index in [1.807, 2.05) is 12.1 Å². The number of aryl methyl sites for hydroxylation is 1. The molecule has 1 saturated heterocycles. The molecule has 0 bridgehead atoms. The van der Waals surface area contributed by atoms with Crippen LogP contribution in [0, 0.1) is 0 Å². The summed E-state index contributed by atoms with van der Waals surface area (Å²) in [6.45, 7) is 1.86. The zero-order valence-electron chi connectivity index (χ0n) is 16.5. The van der Waals surface area contributed by atoms with Gasteiger partial charge in [-0.1, -0.05) is 47.0 Å². The normalized spacial score (nSPS) is 30.8. The van der Waals surface area contributed by atoms with E-state index >= 15 is 0 Å². The fraction of sp³-hybridized carbons (Fsp3) is 0.619. The number of alkyl halides is 2. The molecular formula is C21H27BrClNO5. The maximum absolute atomic E-state index is 11.7. The van der Waals surface area contributed by atoms with E-state index in [1.165, 1.54) is 6.92 Å². The number of hydrogen-bond donors (Lipinski definition) is 2. The number of rotatable bonds is 7. The molecule has 2 aliphatic rings. The smallest absolute Gasteiger partial charge is 0.410 e. The molecule has 1 aromatic rings. The quantitative estimate of drug-likeness (QED) is 0.343. The van der Waals surface area contributed by atoms with Gasteiger partial charge in [-0.3, -0.25) is 10.1 Å². The number of carbonyl (C=O) groups excluding carboxylic acids is 2. The first-order valence-electron chi connectivity index (χ1n) is 9.99. The fourth-order valence-corrected chi connectivity index (χ4v) is 5.33. The minimum Gasteiger partial charge on any atom is -0.410 e. The number of aliphatic hydroxyl groups is 1. The summed E-state index contributed by atoms with van der Waals surface area (Å²) in [4.78, 5) is 22.5. The van der Waals surface area contributed by atoms with Gasteiger partial charge in [0.25, 0.3) is 0 Å². The first-order chi connectivity index (χ1) is 13.8. The molecule has 3 rings (SSSR count). The van der Waals surface area contributed by atoms with Gasteiger partial charge < -0.3 is 14.6 Å². The topological polar surface area (TPSA) is 88.2 Å². The van der Waals surface area contributed by atoms with Gasteiger partial charge in [0.15, 0.2) is 0 Å². The van der Waals surface area contributed by atoms with Gasteiger partial charge in [0.05, 0.1) is 11.4 Å². The van der Waals surface area contributed by atoms with Gasteiger partial charge in [0.1, 0.15) is 17.0 Å². The summed E-state index contributed by atoms with van der Waals surface area (Å²) in [5.41, 5.74) is -0.468. The maximum atomic E-state index is 11.7. The van der Waals surface area contributed by atoms with Crippen molar-refractivity contribution in [2.24, 2.45) is 0 Å². The highest BCUT2D eigenvalue weighted by Crippen LogP contribution is 2.54. The highest BCUT2D eigenvalue weighted by molar-refractivity contribution is 9.09. The van der Waals surface area contributed by atoms with Crippen molar-refractivity contribution in [2.45, 2.75) is 73.3 Å². The number of imide groups is 1. The summed E-state index contributed by atoms with van der Waals surface area (Å²) in [6, 6.07) is 7.29. The molecule has 6 nitrogen and oxygen atoms in total. The van der Waals surface area contributed by atoms with Crippen molar-refractivity contribution in [3.63, 3.8) is 0 Å². The fourth-order valence-electron chi connectivity index (χ4n) is 4.10. The Balaban J connectivity index is 1.49. The first kappa shape index (κ1) is 22.5. The van der Waals surface area contributed by atoms with Gasteiger partial charge in [-0.2, -0.15) is 0 Å². The lowest BCUT2D eigenvalue weighted by Crippen LogP contribution is -2.58. The molecule has 2 amide bonds. The second-order valence-electron chi connectivity index (χ2n) is 7.90. The number of halogens is 2. The molecule has 4 atom stereocenters. The number of hydrogen-bond acceptors (Lipinski definition) is 5. The Morgan fingerprint density at radius 2 is 2.07 bits per heavy atom. The third-order valence-electron chi connectivity index (χ3n) is 5.84. The van der Waals surface area contributed by atoms with Gasteiger partial charge in [0, 0.05) is 12.3 Å². The minimum absolute atomic E-state index is 0.0972. The van der Waals surface area contributed by atoms with Crippen LogP contribution >= 0.6 is 27.5 Å². The lowest BCUT2D eigenvalue weighted by atomic mass is 9.72. The van der Waals surface area contributed by atoms with Crippen molar-refractivity contribution in [1.29, 1.82) is 0 Å². The highest BCUT2D eigenvalue weighted by Gasteiger charge is 2.66. The predicted molar refractivity (Wildman–Crippen MR) is 114 cm³/mol. The van der Waals surface area contributed by atoms with Crippen molar-refractivity contribution >= 4 is 39.5 Å². The van der Waals surface area contributed by atoms with Crippen molar-refractivity contribution in [2.75, 3.05) is 6.61 Å². The van der Waals surface area contributed by atoms with E-state index in [-0.39, 0.29) is 10.2 Å². The Labute approximate surface area is 184 Å². The second-order valence-corrected chi connectivity index (χ2v) is 9.45. The summed E-state index contributed by atoms with van der Waals surface area (Å²) in [7, 11) is 0. The number of para-hydroxylation sites is 1. The number of amides is 2. The van der Waals surface area contributed by atoms with Crippen LogP contribution in [-0.4, -0.2) is 45.1 Å². The summed E-state index contributed by atoms with van der Waals surface area (Å²) >= 11 is 9.99. The van der Waals surface area contributed by atoms with Crippen LogP contribution in [0.5, 0.6) is 5.75 Å². The van der Waals surface area contributed by atoms with Crippen LogP contribution in [0.3, 0.4) is 0 Å². The van der Waals surface area contributed by atoms with E-state index in [4.69, 9.17) is 21.1 Å². The molecular weight excluding hydrogens is 462 g/mol. The van der Waals surface area contributed by atoms with E-state index in [1.54, 1.807) is 12.1 Å². The van der Waals surface area contributed by atoms with E-state index in [0.717, 1.165) is 44.1 Å². The standard InChI is InChI=1S/C21H27BrClNO5/c1-14(25)24-19(26)29-17-9-5-4-8-15(17)7-3-2-6-11-21(27)18(22)16(23)10-12-20(21)13-28-20/h4-5,8-9,16,18,27H,2-3,6-7,10-13H2,1H3,(H,24,25,26). The molecule has 0 aromatic heterocycles. The highest BCUT2D eigenvalue weighted by atomic mass is 79.9. The van der Waals surface area contributed by atoms with Crippen molar-refractivity contribution in [1.82, 2.24) is 5.32 Å². The SMILES string of the molecule is CC(=O)NC(=O)Oc1ccccc1CCCCCC1(O)C(Br)C(Cl)CCC12CO2. The molecule has 8 heteroatoms. The molecule has 1 aromatic carbocycles. The average Bonchev–Trinajstić information content (AvgIpc) is 3.46. The molecule has 1 saturated carbocycles. The van der Waals surface area contributed by atoms with Crippen LogP contribution < -0.4 is 10.1 Å². The maximum Gasteiger partial charge on any atom is 0.419 e. The molecule has 1 aliphatic carbocycles. The van der Waals surface area contributed by atoms with E-state index in [0.29, 0.717) is 18.8 Å². The molecule has 2 fully saturated rings. The number of benzene rings is 1. The molecule has 2 N–H and O–H groups in total. The number of carbonyl (C=O) groups is 2. The molecule has 1 spiro atoms. The Morgan fingerprint density at radius 1 is 1.34 bits per heavy atom. The van der Waals surface area contributed by atoms with Crippen molar-refractivity contribution in [3.05, 3.63) is 29.8 Å². The van der Waals surface area contributed by atoms with Gasteiger partial charge >= 0.3 is 6.09 Å². The molecule has 1 heterocycles. The Hall–Kier alpha value is -1.15. The molecule has 4 unspecified atom stereocenters. The number of nitrogens with one attached hydrogen (secondary N) is 1. The summed E-state index contributed by atoms with van der Waals surface area (Å²) < 4.78 is 10.9. The monoisotopic (exact) mass is 487 g/mol. The zero-order valence-corrected chi connectivity index (χ0v) is 18.8. The van der Waals surface area contributed by atoms with Crippen LogP contribution in [0.25, 0.3) is 0 Å². The third-order valence-corrected chi connectivity index (χ3v) is 8.01. The first-order valence-corrected chi connectivity index (χ1v) is 11.3. The predicted octanol–water partition coefficient (Wildman–Crippen LogP) is 4.09. The molecule has 0 radical (unpaired) electrons. The Kier molecular flexibility index (Phi) is 7.25. The third kappa shape index (κ3) is 5.13. The van der Waals surface area contributed by atoms with Crippen LogP contribution in [-0.2, 0) is 16.0 Å². The van der Waals surface area contributed by atoms with Gasteiger partial charge in [-0.25, -0.2) is 4.79 Å². The van der Waals surface area contributed by atoms with Crippen LogP contribution in [0.4, 0.5) is 4.79 Å². The van der Waals surface area contributed by atoms with Crippen molar-refractivity contribution in [3.8, 4) is 5.75 Å². The van der Waals surface area contributed by atoms with Gasteiger partial charge in [0.2, 0.25) is 5.91 Å². The van der Waals surface area contributed by atoms with E-state index < -0.39 is 23.2 Å². The average molecular weight is 489 g/mol. The van der Waals surface area contributed by atoms with Crippen molar-refractivity contribution < 1.29 is 24.2 Å². The Morgan fingerprint density at radius 3 is 2.76 bits per heavy atom. The number of ether oxygens (including phenoxy) is 2. The molecule has 160 valence electrons. The van der Waals surface area contributed by atoms with Gasteiger partial charge in [-0.05, 0) is 43.7 Å². The lowest BCUT2D eigenvalue weighted by molar-refractivity contribution is -0.118.